The van der Waals surface area contributed by atoms with E-state index in [-0.39, 0.29) is 11.6 Å². The Labute approximate surface area is 113 Å². The molecule has 1 aromatic heterocycles. The van der Waals surface area contributed by atoms with Gasteiger partial charge in [-0.05, 0) is 17.7 Å². The maximum Gasteiger partial charge on any atom is 0.274 e. The molecule has 1 aromatic carbocycles. The number of aryl methyl sites for hydroxylation is 1. The third kappa shape index (κ3) is 3.25. The van der Waals surface area contributed by atoms with Crippen LogP contribution in [0.4, 0.5) is 5.69 Å². The summed E-state index contributed by atoms with van der Waals surface area (Å²) < 4.78 is 1.51. The number of aromatic nitrogens is 2. The number of nitrogens with one attached hydrogen (secondary N) is 1. The lowest BCUT2D eigenvalue weighted by atomic mass is 10.2. The molecule has 0 saturated carbocycles. The molecule has 0 unspecified atom stereocenters. The number of benzene rings is 1. The fourth-order valence-corrected chi connectivity index (χ4v) is 1.45. The van der Waals surface area contributed by atoms with Gasteiger partial charge in [-0.3, -0.25) is 19.6 Å². The minimum atomic E-state index is -0.481. The molecule has 8 nitrogen and oxygen atoms in total. The van der Waals surface area contributed by atoms with Crippen LogP contribution in [0.5, 0.6) is 0 Å². The first-order valence-electron chi connectivity index (χ1n) is 5.63. The lowest BCUT2D eigenvalue weighted by Crippen LogP contribution is -2.16. The van der Waals surface area contributed by atoms with Gasteiger partial charge in [0.15, 0.2) is 0 Å². The van der Waals surface area contributed by atoms with Gasteiger partial charge in [-0.15, -0.1) is 0 Å². The van der Waals surface area contributed by atoms with E-state index < -0.39 is 4.92 Å². The van der Waals surface area contributed by atoms with E-state index in [4.69, 9.17) is 0 Å². The summed E-state index contributed by atoms with van der Waals surface area (Å²) in [6.45, 7) is 0. The molecule has 0 radical (unpaired) electrons. The molecule has 0 aliphatic heterocycles. The van der Waals surface area contributed by atoms with Crippen molar-refractivity contribution in [2.24, 2.45) is 12.1 Å². The van der Waals surface area contributed by atoms with Gasteiger partial charge in [0, 0.05) is 25.4 Å². The van der Waals surface area contributed by atoms with E-state index in [0.717, 1.165) is 0 Å². The molecule has 2 rings (SSSR count). The number of carbonyl (C=O) groups excluding carboxylic acids is 1. The van der Waals surface area contributed by atoms with Crippen molar-refractivity contribution < 1.29 is 9.72 Å². The van der Waals surface area contributed by atoms with Crippen LogP contribution in [0.1, 0.15) is 15.9 Å². The van der Waals surface area contributed by atoms with Crippen LogP contribution in [0.3, 0.4) is 0 Å². The Morgan fingerprint density at radius 1 is 1.45 bits per heavy atom. The molecule has 0 aliphatic carbocycles. The minimum Gasteiger partial charge on any atom is -0.275 e. The standard InChI is InChI=1S/C12H11N5O3/c1-16-8-10(7-14-16)12(18)15-13-6-9-2-4-11(5-3-9)17(19)20/h2-8H,1H3,(H,15,18)/b13-6-. The molecule has 20 heavy (non-hydrogen) atoms. The summed E-state index contributed by atoms with van der Waals surface area (Å²) in [6, 6.07) is 5.81. The highest BCUT2D eigenvalue weighted by Crippen LogP contribution is 2.10. The Balaban J connectivity index is 1.96. The first-order valence-corrected chi connectivity index (χ1v) is 5.63. The third-order valence-corrected chi connectivity index (χ3v) is 2.45. The Morgan fingerprint density at radius 2 is 2.15 bits per heavy atom. The Kier molecular flexibility index (Phi) is 3.85. The van der Waals surface area contributed by atoms with Gasteiger partial charge in [0.05, 0.1) is 22.9 Å². The van der Waals surface area contributed by atoms with Crippen LogP contribution in [0, 0.1) is 10.1 Å². The summed E-state index contributed by atoms with van der Waals surface area (Å²) in [7, 11) is 1.71. The van der Waals surface area contributed by atoms with Crippen molar-refractivity contribution in [1.29, 1.82) is 0 Å². The zero-order chi connectivity index (χ0) is 14.5. The van der Waals surface area contributed by atoms with E-state index in [2.05, 4.69) is 15.6 Å². The van der Waals surface area contributed by atoms with Crippen molar-refractivity contribution in [3.8, 4) is 0 Å². The zero-order valence-electron chi connectivity index (χ0n) is 10.6. The average Bonchev–Trinajstić information content (AvgIpc) is 2.86. The third-order valence-electron chi connectivity index (χ3n) is 2.45. The number of nitro groups is 1. The lowest BCUT2D eigenvalue weighted by Gasteiger charge is -1.96. The van der Waals surface area contributed by atoms with E-state index in [1.54, 1.807) is 13.2 Å². The first-order chi connectivity index (χ1) is 9.56. The molecule has 0 aliphatic rings. The predicted molar refractivity (Wildman–Crippen MR) is 71.4 cm³/mol. The Morgan fingerprint density at radius 3 is 2.70 bits per heavy atom. The second-order valence-corrected chi connectivity index (χ2v) is 3.95. The van der Waals surface area contributed by atoms with Gasteiger partial charge in [-0.1, -0.05) is 0 Å². The molecule has 102 valence electrons. The van der Waals surface area contributed by atoms with E-state index >= 15 is 0 Å². The van der Waals surface area contributed by atoms with Crippen LogP contribution in [0.15, 0.2) is 41.8 Å². The molecular weight excluding hydrogens is 262 g/mol. The van der Waals surface area contributed by atoms with Crippen molar-refractivity contribution in [2.75, 3.05) is 0 Å². The highest BCUT2D eigenvalue weighted by Gasteiger charge is 2.06. The minimum absolute atomic E-state index is 0.00143. The number of hydrogen-bond donors (Lipinski definition) is 1. The van der Waals surface area contributed by atoms with Crippen molar-refractivity contribution in [2.45, 2.75) is 0 Å². The second kappa shape index (κ2) is 5.74. The molecule has 1 N–H and O–H groups in total. The van der Waals surface area contributed by atoms with E-state index in [9.17, 15) is 14.9 Å². The van der Waals surface area contributed by atoms with Crippen molar-refractivity contribution >= 4 is 17.8 Å². The molecule has 0 bridgehead atoms. The second-order valence-electron chi connectivity index (χ2n) is 3.95. The number of nitrogens with zero attached hydrogens (tertiary/aromatic N) is 4. The largest absolute Gasteiger partial charge is 0.275 e. The van der Waals surface area contributed by atoms with Crippen LogP contribution in [0.2, 0.25) is 0 Å². The maximum absolute atomic E-state index is 11.6. The van der Waals surface area contributed by atoms with Crippen LogP contribution >= 0.6 is 0 Å². The fourth-order valence-electron chi connectivity index (χ4n) is 1.45. The average molecular weight is 273 g/mol. The van der Waals surface area contributed by atoms with E-state index in [0.29, 0.717) is 11.1 Å². The smallest absolute Gasteiger partial charge is 0.274 e. The van der Waals surface area contributed by atoms with Crippen LogP contribution in [-0.4, -0.2) is 26.8 Å². The number of carbonyl (C=O) groups is 1. The molecule has 2 aromatic rings. The number of nitro benzene ring substituents is 1. The quantitative estimate of drug-likeness (QED) is 0.511. The van der Waals surface area contributed by atoms with Crippen molar-refractivity contribution in [1.82, 2.24) is 15.2 Å². The fraction of sp³-hybridized carbons (Fsp3) is 0.0833. The monoisotopic (exact) mass is 273 g/mol. The normalized spacial score (nSPS) is 10.7. The summed E-state index contributed by atoms with van der Waals surface area (Å²) in [6.07, 6.45) is 4.39. The Hall–Kier alpha value is -3.03. The lowest BCUT2D eigenvalue weighted by molar-refractivity contribution is -0.384. The van der Waals surface area contributed by atoms with Gasteiger partial charge < -0.3 is 0 Å². The predicted octanol–water partition coefficient (Wildman–Crippen LogP) is 1.09. The maximum atomic E-state index is 11.6. The number of non-ortho nitro benzene ring substituents is 1. The highest BCUT2D eigenvalue weighted by atomic mass is 16.6. The summed E-state index contributed by atoms with van der Waals surface area (Å²) in [5.41, 5.74) is 3.38. The molecule has 0 spiro atoms. The van der Waals surface area contributed by atoms with Gasteiger partial charge in [0.2, 0.25) is 0 Å². The molecule has 0 atom stereocenters. The summed E-state index contributed by atoms with van der Waals surface area (Å²) in [5.74, 6) is -0.378. The number of hydrazone groups is 1. The van der Waals surface area contributed by atoms with Crippen molar-refractivity contribution in [3.05, 3.63) is 57.9 Å². The summed E-state index contributed by atoms with van der Waals surface area (Å²) in [5, 5.41) is 18.1. The van der Waals surface area contributed by atoms with Crippen LogP contribution in [0.25, 0.3) is 0 Å². The molecule has 0 saturated heterocycles. The molecular formula is C12H11N5O3. The first kappa shape index (κ1) is 13.4. The molecule has 0 fully saturated rings. The SMILES string of the molecule is Cn1cc(C(=O)N/N=C\c2ccc([N+](=O)[O-])cc2)cn1. The van der Waals surface area contributed by atoms with Gasteiger partial charge in [0.1, 0.15) is 0 Å². The highest BCUT2D eigenvalue weighted by molar-refractivity contribution is 5.94. The molecule has 1 heterocycles. The zero-order valence-corrected chi connectivity index (χ0v) is 10.6. The number of rotatable bonds is 4. The summed E-state index contributed by atoms with van der Waals surface area (Å²) >= 11 is 0. The van der Waals surface area contributed by atoms with E-state index in [1.165, 1.54) is 41.4 Å². The number of hydrogen-bond acceptors (Lipinski definition) is 5. The van der Waals surface area contributed by atoms with E-state index in [1.807, 2.05) is 0 Å². The van der Waals surface area contributed by atoms with Gasteiger partial charge in [-0.2, -0.15) is 10.2 Å². The Bertz CT molecular complexity index is 660. The summed E-state index contributed by atoms with van der Waals surface area (Å²) in [4.78, 5) is 21.6. The van der Waals surface area contributed by atoms with Gasteiger partial charge in [0.25, 0.3) is 11.6 Å². The topological polar surface area (TPSA) is 102 Å². The van der Waals surface area contributed by atoms with Crippen molar-refractivity contribution in [3.63, 3.8) is 0 Å². The molecule has 8 heteroatoms. The van der Waals surface area contributed by atoms with Crippen LogP contribution < -0.4 is 5.43 Å². The van der Waals surface area contributed by atoms with Gasteiger partial charge in [-0.25, -0.2) is 5.43 Å². The van der Waals surface area contributed by atoms with Gasteiger partial charge >= 0.3 is 0 Å². The van der Waals surface area contributed by atoms with Crippen LogP contribution in [-0.2, 0) is 7.05 Å². The molecule has 1 amide bonds. The number of amides is 1.